The summed E-state index contributed by atoms with van der Waals surface area (Å²) in [5, 5.41) is 0. The van der Waals surface area contributed by atoms with Gasteiger partial charge in [0.1, 0.15) is 0 Å². The molecule has 0 saturated carbocycles. The molecule has 3 nitrogen and oxygen atoms in total. The van der Waals surface area contributed by atoms with Gasteiger partial charge in [-0.3, -0.25) is 4.79 Å². The first-order valence-corrected chi connectivity index (χ1v) is 4.93. The molecule has 0 aliphatic carbocycles. The average Bonchev–Trinajstić information content (AvgIpc) is 2.27. The molecule has 82 valence electrons. The molecule has 0 amide bonds. The Balaban J connectivity index is 2.92. The van der Waals surface area contributed by atoms with E-state index in [0.717, 1.165) is 0 Å². The van der Waals surface area contributed by atoms with E-state index >= 15 is 0 Å². The van der Waals surface area contributed by atoms with Crippen LogP contribution < -0.4 is 0 Å². The van der Waals surface area contributed by atoms with Gasteiger partial charge in [0.15, 0.2) is 0 Å². The van der Waals surface area contributed by atoms with Crippen LogP contribution in [0.1, 0.15) is 29.8 Å². The van der Waals surface area contributed by atoms with E-state index in [2.05, 4.69) is 11.8 Å². The van der Waals surface area contributed by atoms with E-state index in [1.807, 2.05) is 0 Å². The van der Waals surface area contributed by atoms with E-state index < -0.39 is 0 Å². The lowest BCUT2D eigenvalue weighted by molar-refractivity contribution is -0.111. The Bertz CT molecular complexity index is 464. The minimum absolute atomic E-state index is 0.207. The molecule has 0 saturated heterocycles. The average molecular weight is 216 g/mol. The van der Waals surface area contributed by atoms with Gasteiger partial charge in [-0.25, -0.2) is 4.79 Å². The van der Waals surface area contributed by atoms with Crippen molar-refractivity contribution in [3.05, 3.63) is 35.4 Å². The van der Waals surface area contributed by atoms with Gasteiger partial charge in [0.05, 0.1) is 12.2 Å². The van der Waals surface area contributed by atoms with E-state index in [0.29, 0.717) is 17.7 Å². The van der Waals surface area contributed by atoms with Crippen LogP contribution in [-0.4, -0.2) is 18.4 Å². The van der Waals surface area contributed by atoms with Crippen LogP contribution in [0, 0.1) is 11.8 Å². The molecular weight excluding hydrogens is 204 g/mol. The van der Waals surface area contributed by atoms with Gasteiger partial charge in [0, 0.05) is 12.5 Å². The molecule has 0 unspecified atom stereocenters. The number of carbonyl (C=O) groups is 2. The van der Waals surface area contributed by atoms with Crippen LogP contribution in [0.4, 0.5) is 0 Å². The molecule has 0 N–H and O–H groups in total. The zero-order valence-electron chi connectivity index (χ0n) is 9.24. The predicted molar refractivity (Wildman–Crippen MR) is 60.0 cm³/mol. The van der Waals surface area contributed by atoms with Gasteiger partial charge in [-0.1, -0.05) is 12.0 Å². The zero-order valence-corrected chi connectivity index (χ0v) is 9.24. The second kappa shape index (κ2) is 5.72. The van der Waals surface area contributed by atoms with Gasteiger partial charge in [0.2, 0.25) is 5.78 Å². The third-order valence-electron chi connectivity index (χ3n) is 1.76. The summed E-state index contributed by atoms with van der Waals surface area (Å²) in [6.45, 7) is 3.47. The molecule has 0 bridgehead atoms. The highest BCUT2D eigenvalue weighted by molar-refractivity contribution is 5.94. The molecule has 0 aliphatic rings. The molecule has 0 fully saturated rings. The molecule has 0 heterocycles. The highest BCUT2D eigenvalue weighted by Crippen LogP contribution is 2.05. The lowest BCUT2D eigenvalue weighted by Crippen LogP contribution is -2.04. The van der Waals surface area contributed by atoms with Crippen molar-refractivity contribution >= 4 is 11.8 Å². The van der Waals surface area contributed by atoms with Crippen LogP contribution in [0.2, 0.25) is 0 Å². The molecule has 0 atom stereocenters. The Morgan fingerprint density at radius 3 is 2.75 bits per heavy atom. The fourth-order valence-electron chi connectivity index (χ4n) is 1.10. The molecule has 3 heteroatoms. The van der Waals surface area contributed by atoms with E-state index in [-0.39, 0.29) is 11.8 Å². The first kappa shape index (κ1) is 12.0. The standard InChI is InChI=1S/C13H12O3/c1-3-16-13(15)12-6-4-5-11(9-12)8-7-10(2)14/h4-6,9H,3H2,1-2H3. The summed E-state index contributed by atoms with van der Waals surface area (Å²) in [6.07, 6.45) is 0. The molecule has 0 aliphatic heterocycles. The number of benzene rings is 1. The number of ketones is 1. The van der Waals surface area contributed by atoms with Crippen molar-refractivity contribution in [2.45, 2.75) is 13.8 Å². The second-order valence-electron chi connectivity index (χ2n) is 3.11. The minimum Gasteiger partial charge on any atom is -0.462 e. The maximum atomic E-state index is 11.4. The van der Waals surface area contributed by atoms with Gasteiger partial charge in [0.25, 0.3) is 0 Å². The monoisotopic (exact) mass is 216 g/mol. The fourth-order valence-corrected chi connectivity index (χ4v) is 1.10. The third kappa shape index (κ3) is 3.58. The van der Waals surface area contributed by atoms with Crippen molar-refractivity contribution in [3.63, 3.8) is 0 Å². The smallest absolute Gasteiger partial charge is 0.338 e. The maximum Gasteiger partial charge on any atom is 0.338 e. The summed E-state index contributed by atoms with van der Waals surface area (Å²) in [7, 11) is 0. The molecule has 1 aromatic rings. The Morgan fingerprint density at radius 1 is 1.38 bits per heavy atom. The lowest BCUT2D eigenvalue weighted by Gasteiger charge is -2.01. The molecule has 1 aromatic carbocycles. The first-order valence-electron chi connectivity index (χ1n) is 4.93. The summed E-state index contributed by atoms with van der Waals surface area (Å²) in [4.78, 5) is 22.1. The molecule has 0 aromatic heterocycles. The van der Waals surface area contributed by atoms with Crippen molar-refractivity contribution in [1.82, 2.24) is 0 Å². The van der Waals surface area contributed by atoms with Crippen LogP contribution in [0.3, 0.4) is 0 Å². The molecule has 1 rings (SSSR count). The normalized spacial score (nSPS) is 8.88. The van der Waals surface area contributed by atoms with Crippen molar-refractivity contribution < 1.29 is 14.3 Å². The number of rotatable bonds is 2. The first-order chi connectivity index (χ1) is 7.63. The fraction of sp³-hybridized carbons (Fsp3) is 0.231. The Hall–Kier alpha value is -2.08. The quantitative estimate of drug-likeness (QED) is 0.559. The van der Waals surface area contributed by atoms with Gasteiger partial charge >= 0.3 is 5.97 Å². The van der Waals surface area contributed by atoms with Crippen LogP contribution in [0.5, 0.6) is 0 Å². The number of ether oxygens (including phenoxy) is 1. The Morgan fingerprint density at radius 2 is 2.12 bits per heavy atom. The highest BCUT2D eigenvalue weighted by atomic mass is 16.5. The zero-order chi connectivity index (χ0) is 12.0. The molecular formula is C13H12O3. The number of Topliss-reactive ketones (excluding diaryl/α,β-unsaturated/α-hetero) is 1. The Labute approximate surface area is 94.4 Å². The van der Waals surface area contributed by atoms with Gasteiger partial charge in [-0.05, 0) is 31.0 Å². The SMILES string of the molecule is CCOC(=O)c1cccc(C#CC(C)=O)c1. The summed E-state index contributed by atoms with van der Waals surface area (Å²) in [6, 6.07) is 6.69. The summed E-state index contributed by atoms with van der Waals surface area (Å²) in [5.74, 6) is 4.51. The molecule has 16 heavy (non-hydrogen) atoms. The van der Waals surface area contributed by atoms with E-state index in [1.54, 1.807) is 31.2 Å². The highest BCUT2D eigenvalue weighted by Gasteiger charge is 2.05. The Kier molecular flexibility index (Phi) is 4.28. The summed E-state index contributed by atoms with van der Waals surface area (Å²) < 4.78 is 4.85. The largest absolute Gasteiger partial charge is 0.462 e. The number of carbonyl (C=O) groups excluding carboxylic acids is 2. The number of esters is 1. The van der Waals surface area contributed by atoms with Crippen molar-refractivity contribution in [2.75, 3.05) is 6.61 Å². The molecule has 0 radical (unpaired) electrons. The second-order valence-corrected chi connectivity index (χ2v) is 3.11. The maximum absolute atomic E-state index is 11.4. The van der Waals surface area contributed by atoms with Crippen LogP contribution in [-0.2, 0) is 9.53 Å². The van der Waals surface area contributed by atoms with Crippen molar-refractivity contribution in [3.8, 4) is 11.8 Å². The van der Waals surface area contributed by atoms with E-state index in [4.69, 9.17) is 4.74 Å². The number of hydrogen-bond acceptors (Lipinski definition) is 3. The minimum atomic E-state index is -0.381. The number of hydrogen-bond donors (Lipinski definition) is 0. The molecule has 0 spiro atoms. The van der Waals surface area contributed by atoms with E-state index in [9.17, 15) is 9.59 Å². The topological polar surface area (TPSA) is 43.4 Å². The van der Waals surface area contributed by atoms with Gasteiger partial charge < -0.3 is 4.74 Å². The predicted octanol–water partition coefficient (Wildman–Crippen LogP) is 1.80. The van der Waals surface area contributed by atoms with Gasteiger partial charge in [-0.2, -0.15) is 0 Å². The van der Waals surface area contributed by atoms with Crippen molar-refractivity contribution in [1.29, 1.82) is 0 Å². The summed E-state index contributed by atoms with van der Waals surface area (Å²) in [5.41, 5.74) is 1.07. The van der Waals surface area contributed by atoms with Crippen LogP contribution in [0.25, 0.3) is 0 Å². The van der Waals surface area contributed by atoms with E-state index in [1.165, 1.54) is 6.92 Å². The van der Waals surface area contributed by atoms with Gasteiger partial charge in [-0.15, -0.1) is 0 Å². The van der Waals surface area contributed by atoms with Crippen molar-refractivity contribution in [2.24, 2.45) is 0 Å². The third-order valence-corrected chi connectivity index (χ3v) is 1.76. The summed E-state index contributed by atoms with van der Waals surface area (Å²) >= 11 is 0. The lowest BCUT2D eigenvalue weighted by atomic mass is 10.1. The van der Waals surface area contributed by atoms with Crippen LogP contribution in [0.15, 0.2) is 24.3 Å². The van der Waals surface area contributed by atoms with Crippen LogP contribution >= 0.6 is 0 Å².